The van der Waals surface area contributed by atoms with Crippen molar-refractivity contribution in [3.63, 3.8) is 0 Å². The highest BCUT2D eigenvalue weighted by molar-refractivity contribution is 4.91. The van der Waals surface area contributed by atoms with Crippen molar-refractivity contribution in [2.75, 3.05) is 13.1 Å². The van der Waals surface area contributed by atoms with Crippen LogP contribution in [0, 0.1) is 5.92 Å². The quantitative estimate of drug-likeness (QED) is 0.685. The van der Waals surface area contributed by atoms with Gasteiger partial charge in [0.25, 0.3) is 0 Å². The molecule has 1 aromatic rings. The molecule has 0 aliphatic heterocycles. The minimum absolute atomic E-state index is 0.601. The summed E-state index contributed by atoms with van der Waals surface area (Å²) in [4.78, 5) is 0. The number of hydrogen-bond acceptors (Lipinski definition) is 4. The first kappa shape index (κ1) is 13.1. The molecule has 0 atom stereocenters. The van der Waals surface area contributed by atoms with Gasteiger partial charge >= 0.3 is 0 Å². The van der Waals surface area contributed by atoms with Gasteiger partial charge in [-0.15, -0.1) is 5.10 Å². The molecule has 3 N–H and O–H groups in total. The molecular weight excluding hydrogens is 202 g/mol. The zero-order valence-corrected chi connectivity index (χ0v) is 10.3. The highest BCUT2D eigenvalue weighted by atomic mass is 15.4. The average Bonchev–Trinajstić information content (AvgIpc) is 2.73. The zero-order valence-electron chi connectivity index (χ0n) is 10.3. The Labute approximate surface area is 97.4 Å². The summed E-state index contributed by atoms with van der Waals surface area (Å²) in [6.07, 6.45) is 4.40. The predicted molar refractivity (Wildman–Crippen MR) is 64.9 cm³/mol. The third-order valence-corrected chi connectivity index (χ3v) is 2.84. The summed E-state index contributed by atoms with van der Waals surface area (Å²) >= 11 is 0. The Morgan fingerprint density at radius 2 is 2.19 bits per heavy atom. The predicted octanol–water partition coefficient (Wildman–Crippen LogP) is 0.763. The summed E-state index contributed by atoms with van der Waals surface area (Å²) in [5.41, 5.74) is 6.43. The third-order valence-electron chi connectivity index (χ3n) is 2.84. The van der Waals surface area contributed by atoms with Crippen molar-refractivity contribution >= 4 is 0 Å². The van der Waals surface area contributed by atoms with Crippen LogP contribution < -0.4 is 11.1 Å². The van der Waals surface area contributed by atoms with E-state index < -0.39 is 0 Å². The van der Waals surface area contributed by atoms with Crippen LogP contribution in [-0.2, 0) is 13.1 Å². The van der Waals surface area contributed by atoms with E-state index in [4.69, 9.17) is 5.73 Å². The lowest BCUT2D eigenvalue weighted by molar-refractivity contribution is 0.448. The fraction of sp³-hybridized carbons (Fsp3) is 0.818. The molecule has 1 aromatic heterocycles. The monoisotopic (exact) mass is 225 g/mol. The van der Waals surface area contributed by atoms with Gasteiger partial charge in [0.15, 0.2) is 0 Å². The van der Waals surface area contributed by atoms with Gasteiger partial charge in [-0.3, -0.25) is 4.68 Å². The zero-order chi connectivity index (χ0) is 11.8. The SMILES string of the molecule is CCC(CC)CNCc1cn(CCN)nn1. The van der Waals surface area contributed by atoms with E-state index >= 15 is 0 Å². The van der Waals surface area contributed by atoms with Gasteiger partial charge in [0.1, 0.15) is 0 Å². The van der Waals surface area contributed by atoms with E-state index in [9.17, 15) is 0 Å². The van der Waals surface area contributed by atoms with Crippen molar-refractivity contribution in [2.24, 2.45) is 11.7 Å². The molecule has 0 saturated heterocycles. The van der Waals surface area contributed by atoms with Gasteiger partial charge in [-0.05, 0) is 12.5 Å². The molecule has 0 amide bonds. The van der Waals surface area contributed by atoms with Crippen molar-refractivity contribution in [2.45, 2.75) is 39.8 Å². The van der Waals surface area contributed by atoms with E-state index in [1.165, 1.54) is 12.8 Å². The van der Waals surface area contributed by atoms with E-state index in [0.717, 1.165) is 31.2 Å². The lowest BCUT2D eigenvalue weighted by atomic mass is 10.0. The average molecular weight is 225 g/mol. The number of rotatable bonds is 8. The van der Waals surface area contributed by atoms with Gasteiger partial charge in [-0.25, -0.2) is 0 Å². The van der Waals surface area contributed by atoms with Crippen molar-refractivity contribution < 1.29 is 0 Å². The van der Waals surface area contributed by atoms with Gasteiger partial charge in [0.05, 0.1) is 12.2 Å². The van der Waals surface area contributed by atoms with E-state index in [0.29, 0.717) is 6.54 Å². The number of nitrogens with one attached hydrogen (secondary N) is 1. The maximum atomic E-state index is 5.44. The number of nitrogens with zero attached hydrogens (tertiary/aromatic N) is 3. The van der Waals surface area contributed by atoms with Gasteiger partial charge < -0.3 is 11.1 Å². The molecule has 0 fully saturated rings. The van der Waals surface area contributed by atoms with Crippen LogP contribution in [0.15, 0.2) is 6.20 Å². The number of hydrogen-bond donors (Lipinski definition) is 2. The van der Waals surface area contributed by atoms with Crippen molar-refractivity contribution in [1.82, 2.24) is 20.3 Å². The smallest absolute Gasteiger partial charge is 0.0964 e. The molecular formula is C11H23N5. The molecule has 0 bridgehead atoms. The summed E-state index contributed by atoms with van der Waals surface area (Å²) in [6.45, 7) is 7.64. The third kappa shape index (κ3) is 4.28. The van der Waals surface area contributed by atoms with Crippen LogP contribution in [0.3, 0.4) is 0 Å². The Kier molecular flexibility index (Phi) is 6.03. The van der Waals surface area contributed by atoms with Gasteiger partial charge in [0.2, 0.25) is 0 Å². The molecule has 0 unspecified atom stereocenters. The first-order valence-corrected chi connectivity index (χ1v) is 6.09. The molecule has 0 aliphatic carbocycles. The van der Waals surface area contributed by atoms with Crippen molar-refractivity contribution in [3.8, 4) is 0 Å². The molecule has 5 heteroatoms. The van der Waals surface area contributed by atoms with E-state index in [1.807, 2.05) is 6.20 Å². The molecule has 16 heavy (non-hydrogen) atoms. The molecule has 0 radical (unpaired) electrons. The second-order valence-corrected chi connectivity index (χ2v) is 4.08. The minimum atomic E-state index is 0.601. The fourth-order valence-electron chi connectivity index (χ4n) is 1.64. The van der Waals surface area contributed by atoms with E-state index in [2.05, 4.69) is 29.5 Å². The van der Waals surface area contributed by atoms with Crippen LogP contribution in [0.5, 0.6) is 0 Å². The number of nitrogens with two attached hydrogens (primary N) is 1. The van der Waals surface area contributed by atoms with Gasteiger partial charge in [-0.1, -0.05) is 31.9 Å². The second-order valence-electron chi connectivity index (χ2n) is 4.08. The molecule has 1 heterocycles. The minimum Gasteiger partial charge on any atom is -0.329 e. The maximum Gasteiger partial charge on any atom is 0.0964 e. The van der Waals surface area contributed by atoms with E-state index in [-0.39, 0.29) is 0 Å². The summed E-state index contributed by atoms with van der Waals surface area (Å²) < 4.78 is 1.79. The van der Waals surface area contributed by atoms with Crippen molar-refractivity contribution in [3.05, 3.63) is 11.9 Å². The fourth-order valence-corrected chi connectivity index (χ4v) is 1.64. The van der Waals surface area contributed by atoms with Gasteiger partial charge in [0, 0.05) is 19.3 Å². The van der Waals surface area contributed by atoms with Crippen LogP contribution in [0.1, 0.15) is 32.4 Å². The maximum absolute atomic E-state index is 5.44. The normalized spacial score (nSPS) is 11.2. The Morgan fingerprint density at radius 1 is 1.44 bits per heavy atom. The first-order chi connectivity index (χ1) is 7.80. The first-order valence-electron chi connectivity index (χ1n) is 6.09. The van der Waals surface area contributed by atoms with Crippen LogP contribution in [0.25, 0.3) is 0 Å². The Morgan fingerprint density at radius 3 is 2.81 bits per heavy atom. The lowest BCUT2D eigenvalue weighted by Crippen LogP contribution is -2.21. The Bertz CT molecular complexity index is 280. The van der Waals surface area contributed by atoms with Gasteiger partial charge in [-0.2, -0.15) is 0 Å². The summed E-state index contributed by atoms with van der Waals surface area (Å²) in [7, 11) is 0. The molecule has 0 spiro atoms. The van der Waals surface area contributed by atoms with Crippen molar-refractivity contribution in [1.29, 1.82) is 0 Å². The highest BCUT2D eigenvalue weighted by Crippen LogP contribution is 2.05. The molecule has 0 aliphatic rings. The summed E-state index contributed by atoms with van der Waals surface area (Å²) in [5, 5.41) is 11.5. The van der Waals surface area contributed by atoms with Crippen LogP contribution >= 0.6 is 0 Å². The molecule has 5 nitrogen and oxygen atoms in total. The highest BCUT2D eigenvalue weighted by Gasteiger charge is 2.04. The second kappa shape index (κ2) is 7.35. The molecule has 0 aromatic carbocycles. The van der Waals surface area contributed by atoms with E-state index in [1.54, 1.807) is 4.68 Å². The van der Waals surface area contributed by atoms with Crippen LogP contribution in [0.2, 0.25) is 0 Å². The lowest BCUT2D eigenvalue weighted by Gasteiger charge is -2.11. The van der Waals surface area contributed by atoms with Crippen LogP contribution in [0.4, 0.5) is 0 Å². The molecule has 1 rings (SSSR count). The summed E-state index contributed by atoms with van der Waals surface area (Å²) in [6, 6.07) is 0. The topological polar surface area (TPSA) is 68.8 Å². The Balaban J connectivity index is 2.25. The van der Waals surface area contributed by atoms with Crippen LogP contribution in [-0.4, -0.2) is 28.1 Å². The molecule has 92 valence electrons. The standard InChI is InChI=1S/C11H23N5/c1-3-10(4-2)7-13-8-11-9-16(6-5-12)15-14-11/h9-10,13H,3-8,12H2,1-2H3. The largest absolute Gasteiger partial charge is 0.329 e. The Hall–Kier alpha value is -0.940. The molecule has 0 saturated carbocycles. The number of aromatic nitrogens is 3. The summed E-state index contributed by atoms with van der Waals surface area (Å²) in [5.74, 6) is 0.763.